The quantitative estimate of drug-likeness (QED) is 0.651. The fraction of sp³-hybridized carbons (Fsp3) is 0.333. The summed E-state index contributed by atoms with van der Waals surface area (Å²) in [5.74, 6) is 1.03. The van der Waals surface area contributed by atoms with Crippen molar-refractivity contribution in [3.05, 3.63) is 42.7 Å². The van der Waals surface area contributed by atoms with Gasteiger partial charge in [-0.25, -0.2) is 19.6 Å². The third-order valence-electron chi connectivity index (χ3n) is 3.97. The number of carbonyl (C=O) groups excluding carboxylic acids is 2. The number of nitrogens with zero attached hydrogens (tertiary/aromatic N) is 4. The standard InChI is InChI=1S/C18H21N5O4/c1-2-26-18(25)27-15-6-4-14(5-7-15)21-17(24)23-12-10-22(11-13-23)16-19-8-3-9-20-16/h3-9H,2,10-13H2,1H3,(H,21,24). The molecule has 2 amide bonds. The van der Waals surface area contributed by atoms with Crippen molar-refractivity contribution in [2.75, 3.05) is 43.0 Å². The summed E-state index contributed by atoms with van der Waals surface area (Å²) >= 11 is 0. The van der Waals surface area contributed by atoms with Crippen molar-refractivity contribution >= 4 is 23.8 Å². The first-order chi connectivity index (χ1) is 13.2. The van der Waals surface area contributed by atoms with Gasteiger partial charge in [0.05, 0.1) is 6.61 Å². The first-order valence-electron chi connectivity index (χ1n) is 8.68. The lowest BCUT2D eigenvalue weighted by atomic mass is 10.3. The van der Waals surface area contributed by atoms with Crippen molar-refractivity contribution in [1.82, 2.24) is 14.9 Å². The first-order valence-corrected chi connectivity index (χ1v) is 8.68. The Hall–Kier alpha value is -3.36. The maximum atomic E-state index is 12.4. The number of aromatic nitrogens is 2. The van der Waals surface area contributed by atoms with E-state index in [1.807, 2.05) is 4.90 Å². The van der Waals surface area contributed by atoms with Gasteiger partial charge in [-0.15, -0.1) is 0 Å². The third kappa shape index (κ3) is 5.06. The van der Waals surface area contributed by atoms with Gasteiger partial charge in [-0.05, 0) is 37.3 Å². The molecule has 1 saturated heterocycles. The van der Waals surface area contributed by atoms with E-state index in [2.05, 4.69) is 15.3 Å². The van der Waals surface area contributed by atoms with Crippen LogP contribution < -0.4 is 15.0 Å². The molecule has 9 nitrogen and oxygen atoms in total. The van der Waals surface area contributed by atoms with Crippen molar-refractivity contribution in [2.45, 2.75) is 6.92 Å². The Morgan fingerprint density at radius 1 is 1.07 bits per heavy atom. The molecule has 142 valence electrons. The summed E-state index contributed by atoms with van der Waals surface area (Å²) in [6, 6.07) is 8.12. The van der Waals surface area contributed by atoms with Crippen LogP contribution in [0.3, 0.4) is 0 Å². The summed E-state index contributed by atoms with van der Waals surface area (Å²) < 4.78 is 9.69. The third-order valence-corrected chi connectivity index (χ3v) is 3.97. The molecule has 1 aliphatic rings. The molecule has 3 rings (SSSR count). The summed E-state index contributed by atoms with van der Waals surface area (Å²) in [4.78, 5) is 35.9. The number of hydrogen-bond donors (Lipinski definition) is 1. The second-order valence-corrected chi connectivity index (χ2v) is 5.76. The molecule has 0 atom stereocenters. The van der Waals surface area contributed by atoms with E-state index in [1.54, 1.807) is 54.5 Å². The molecule has 0 unspecified atom stereocenters. The van der Waals surface area contributed by atoms with E-state index in [0.717, 1.165) is 0 Å². The van der Waals surface area contributed by atoms with Gasteiger partial charge >= 0.3 is 12.2 Å². The summed E-state index contributed by atoms with van der Waals surface area (Å²) in [7, 11) is 0. The van der Waals surface area contributed by atoms with Gasteiger partial charge in [0.1, 0.15) is 5.75 Å². The number of anilines is 2. The molecule has 1 N–H and O–H groups in total. The van der Waals surface area contributed by atoms with Gasteiger partial charge in [0.25, 0.3) is 0 Å². The minimum absolute atomic E-state index is 0.178. The predicted octanol–water partition coefficient (Wildman–Crippen LogP) is 2.37. The number of benzene rings is 1. The average molecular weight is 371 g/mol. The van der Waals surface area contributed by atoms with Crippen LogP contribution in [-0.4, -0.2) is 59.8 Å². The molecule has 9 heteroatoms. The van der Waals surface area contributed by atoms with E-state index in [9.17, 15) is 9.59 Å². The highest BCUT2D eigenvalue weighted by atomic mass is 16.7. The summed E-state index contributed by atoms with van der Waals surface area (Å²) in [6.45, 7) is 4.44. The predicted molar refractivity (Wildman–Crippen MR) is 98.9 cm³/mol. The van der Waals surface area contributed by atoms with Crippen LogP contribution in [0.2, 0.25) is 0 Å². The molecular weight excluding hydrogens is 350 g/mol. The maximum absolute atomic E-state index is 12.4. The molecule has 1 fully saturated rings. The number of nitrogens with one attached hydrogen (secondary N) is 1. The monoisotopic (exact) mass is 371 g/mol. The van der Waals surface area contributed by atoms with Crippen LogP contribution >= 0.6 is 0 Å². The van der Waals surface area contributed by atoms with Crippen LogP contribution in [0.5, 0.6) is 5.75 Å². The number of hydrogen-bond acceptors (Lipinski definition) is 7. The lowest BCUT2D eigenvalue weighted by Gasteiger charge is -2.34. The Morgan fingerprint density at radius 2 is 1.74 bits per heavy atom. The van der Waals surface area contributed by atoms with Crippen molar-refractivity contribution < 1.29 is 19.1 Å². The second kappa shape index (κ2) is 8.84. The molecule has 1 aromatic carbocycles. The fourth-order valence-corrected chi connectivity index (χ4v) is 2.62. The largest absolute Gasteiger partial charge is 0.513 e. The van der Waals surface area contributed by atoms with E-state index in [0.29, 0.717) is 43.6 Å². The molecule has 2 aromatic rings. The lowest BCUT2D eigenvalue weighted by molar-refractivity contribution is 0.104. The summed E-state index contributed by atoms with van der Waals surface area (Å²) in [6.07, 6.45) is 2.66. The Morgan fingerprint density at radius 3 is 2.37 bits per heavy atom. The van der Waals surface area contributed by atoms with Gasteiger partial charge in [0, 0.05) is 44.3 Å². The SMILES string of the molecule is CCOC(=O)Oc1ccc(NC(=O)N2CCN(c3ncccn3)CC2)cc1. The fourth-order valence-electron chi connectivity index (χ4n) is 2.62. The number of piperazine rings is 1. The van der Waals surface area contributed by atoms with Crippen molar-refractivity contribution in [3.63, 3.8) is 0 Å². The number of urea groups is 1. The molecule has 1 aliphatic heterocycles. The molecule has 0 saturated carbocycles. The van der Waals surface area contributed by atoms with Gasteiger partial charge in [-0.3, -0.25) is 0 Å². The zero-order chi connectivity index (χ0) is 19.1. The van der Waals surface area contributed by atoms with Crippen LogP contribution in [0.1, 0.15) is 6.92 Å². The number of amides is 2. The minimum atomic E-state index is -0.755. The second-order valence-electron chi connectivity index (χ2n) is 5.76. The molecule has 1 aromatic heterocycles. The van der Waals surface area contributed by atoms with Gasteiger partial charge in [-0.1, -0.05) is 0 Å². The molecule has 27 heavy (non-hydrogen) atoms. The van der Waals surface area contributed by atoms with E-state index in [4.69, 9.17) is 9.47 Å². The van der Waals surface area contributed by atoms with E-state index in [1.165, 1.54) is 0 Å². The van der Waals surface area contributed by atoms with Gasteiger partial charge in [0.2, 0.25) is 5.95 Å². The molecule has 0 radical (unpaired) electrons. The van der Waals surface area contributed by atoms with Crippen molar-refractivity contribution in [2.24, 2.45) is 0 Å². The zero-order valence-corrected chi connectivity index (χ0v) is 15.0. The number of ether oxygens (including phenoxy) is 2. The molecule has 0 spiro atoms. The van der Waals surface area contributed by atoms with Crippen LogP contribution in [0.4, 0.5) is 21.2 Å². The topological polar surface area (TPSA) is 96.9 Å². The van der Waals surface area contributed by atoms with Gasteiger partial charge in [0.15, 0.2) is 0 Å². The Labute approximate surface area is 156 Å². The van der Waals surface area contributed by atoms with Crippen LogP contribution in [-0.2, 0) is 4.74 Å². The Bertz CT molecular complexity index is 761. The number of rotatable bonds is 4. The van der Waals surface area contributed by atoms with E-state index in [-0.39, 0.29) is 12.6 Å². The zero-order valence-electron chi connectivity index (χ0n) is 15.0. The number of carbonyl (C=O) groups is 2. The maximum Gasteiger partial charge on any atom is 0.513 e. The van der Waals surface area contributed by atoms with Crippen LogP contribution in [0.25, 0.3) is 0 Å². The van der Waals surface area contributed by atoms with Crippen molar-refractivity contribution in [1.29, 1.82) is 0 Å². The van der Waals surface area contributed by atoms with Crippen LogP contribution in [0.15, 0.2) is 42.7 Å². The highest BCUT2D eigenvalue weighted by molar-refractivity contribution is 5.89. The normalized spacial score (nSPS) is 13.8. The van der Waals surface area contributed by atoms with Gasteiger partial charge in [-0.2, -0.15) is 0 Å². The summed E-state index contributed by atoms with van der Waals surface area (Å²) in [5, 5.41) is 2.84. The van der Waals surface area contributed by atoms with E-state index >= 15 is 0 Å². The molecular formula is C18H21N5O4. The summed E-state index contributed by atoms with van der Waals surface area (Å²) in [5.41, 5.74) is 0.616. The van der Waals surface area contributed by atoms with E-state index < -0.39 is 6.16 Å². The van der Waals surface area contributed by atoms with Crippen LogP contribution in [0, 0.1) is 0 Å². The Kier molecular flexibility index (Phi) is 6.03. The smallest absolute Gasteiger partial charge is 0.434 e. The molecule has 0 aliphatic carbocycles. The lowest BCUT2D eigenvalue weighted by Crippen LogP contribution is -2.50. The van der Waals surface area contributed by atoms with Gasteiger partial charge < -0.3 is 24.6 Å². The molecule has 0 bridgehead atoms. The average Bonchev–Trinajstić information content (AvgIpc) is 2.70. The Balaban J connectivity index is 1.49. The minimum Gasteiger partial charge on any atom is -0.434 e. The molecule has 2 heterocycles. The first kappa shape index (κ1) is 18.4. The highest BCUT2D eigenvalue weighted by Crippen LogP contribution is 2.17. The highest BCUT2D eigenvalue weighted by Gasteiger charge is 2.22. The van der Waals surface area contributed by atoms with Crippen molar-refractivity contribution in [3.8, 4) is 5.75 Å².